The average molecular weight is 416 g/mol. The van der Waals surface area contributed by atoms with Gasteiger partial charge < -0.3 is 4.90 Å². The van der Waals surface area contributed by atoms with Crippen molar-refractivity contribution in [3.63, 3.8) is 0 Å². The van der Waals surface area contributed by atoms with Crippen LogP contribution in [-0.2, 0) is 4.79 Å². The third-order valence-electron chi connectivity index (χ3n) is 5.07. The van der Waals surface area contributed by atoms with Crippen LogP contribution in [0, 0.1) is 5.92 Å². The van der Waals surface area contributed by atoms with Gasteiger partial charge in [0.05, 0.1) is 10.2 Å². The smallest absolute Gasteiger partial charge is 0.231 e. The number of carbonyl (C=O) groups is 1. The minimum Gasteiger partial charge on any atom is -0.302 e. The van der Waals surface area contributed by atoms with Crippen molar-refractivity contribution in [3.05, 3.63) is 23.2 Å². The lowest BCUT2D eigenvalue weighted by Gasteiger charge is -2.26. The Balaban J connectivity index is 0.00000243. The molecule has 144 valence electrons. The van der Waals surface area contributed by atoms with E-state index in [4.69, 9.17) is 16.6 Å². The molecule has 1 heterocycles. The molecule has 0 bridgehead atoms. The van der Waals surface area contributed by atoms with E-state index < -0.39 is 0 Å². The number of benzene rings is 1. The fourth-order valence-corrected chi connectivity index (χ4v) is 4.75. The van der Waals surface area contributed by atoms with Gasteiger partial charge in [0.1, 0.15) is 0 Å². The van der Waals surface area contributed by atoms with Crippen LogP contribution in [-0.4, -0.2) is 42.0 Å². The lowest BCUT2D eigenvalue weighted by Crippen LogP contribution is -2.41. The maximum Gasteiger partial charge on any atom is 0.231 e. The Morgan fingerprint density at radius 3 is 2.58 bits per heavy atom. The second-order valence-electron chi connectivity index (χ2n) is 6.61. The van der Waals surface area contributed by atoms with E-state index in [0.717, 1.165) is 60.7 Å². The minimum atomic E-state index is 0. The molecule has 2 aromatic rings. The molecule has 3 rings (SSSR count). The van der Waals surface area contributed by atoms with Crippen LogP contribution in [0.1, 0.15) is 39.5 Å². The molecular weight excluding hydrogens is 389 g/mol. The summed E-state index contributed by atoms with van der Waals surface area (Å²) < 4.78 is 1.04. The Morgan fingerprint density at radius 1 is 1.23 bits per heavy atom. The molecular formula is C19H27Cl2N3OS. The molecule has 1 aliphatic rings. The Hall–Kier alpha value is -0.880. The van der Waals surface area contributed by atoms with E-state index in [9.17, 15) is 4.79 Å². The quantitative estimate of drug-likeness (QED) is 0.620. The fourth-order valence-electron chi connectivity index (χ4n) is 3.48. The lowest BCUT2D eigenvalue weighted by molar-refractivity contribution is -0.122. The maximum absolute atomic E-state index is 13.1. The molecule has 0 radical (unpaired) electrons. The van der Waals surface area contributed by atoms with Gasteiger partial charge in [-0.3, -0.25) is 9.69 Å². The number of likely N-dealkylation sites (N-methyl/N-ethyl adjacent to an activating group) is 1. The molecule has 1 fully saturated rings. The molecule has 26 heavy (non-hydrogen) atoms. The van der Waals surface area contributed by atoms with Crippen molar-refractivity contribution in [2.45, 2.75) is 39.5 Å². The number of hydrogen-bond acceptors (Lipinski definition) is 4. The number of nitrogens with zero attached hydrogens (tertiary/aromatic N) is 3. The number of halogens is 2. The summed E-state index contributed by atoms with van der Waals surface area (Å²) in [5, 5.41) is 1.51. The van der Waals surface area contributed by atoms with Gasteiger partial charge in [-0.25, -0.2) is 4.98 Å². The normalized spacial score (nSPS) is 14.8. The van der Waals surface area contributed by atoms with Gasteiger partial charge in [-0.15, -0.1) is 12.4 Å². The van der Waals surface area contributed by atoms with Gasteiger partial charge in [-0.2, -0.15) is 0 Å². The predicted molar refractivity (Wildman–Crippen MR) is 114 cm³/mol. The number of thiazole rings is 1. The number of fused-ring (bicyclic) bond motifs is 1. The van der Waals surface area contributed by atoms with Crippen LogP contribution in [0.15, 0.2) is 18.2 Å². The number of aromatic nitrogens is 1. The monoisotopic (exact) mass is 415 g/mol. The zero-order valence-corrected chi connectivity index (χ0v) is 17.8. The molecule has 1 amide bonds. The molecule has 1 saturated carbocycles. The van der Waals surface area contributed by atoms with Gasteiger partial charge >= 0.3 is 0 Å². The van der Waals surface area contributed by atoms with Gasteiger partial charge in [-0.1, -0.05) is 49.6 Å². The van der Waals surface area contributed by atoms with E-state index in [2.05, 4.69) is 18.7 Å². The minimum absolute atomic E-state index is 0. The summed E-state index contributed by atoms with van der Waals surface area (Å²) in [5.74, 6) is 0.405. The Labute approximate surface area is 170 Å². The van der Waals surface area contributed by atoms with E-state index in [1.54, 1.807) is 11.3 Å². The first-order valence-electron chi connectivity index (χ1n) is 9.22. The molecule has 7 heteroatoms. The highest BCUT2D eigenvalue weighted by atomic mass is 35.5. The Kier molecular flexibility index (Phi) is 8.14. The van der Waals surface area contributed by atoms with Crippen LogP contribution in [0.3, 0.4) is 0 Å². The molecule has 1 aromatic carbocycles. The van der Waals surface area contributed by atoms with E-state index in [1.807, 2.05) is 23.1 Å². The van der Waals surface area contributed by atoms with Crippen molar-refractivity contribution >= 4 is 56.6 Å². The second-order valence-corrected chi connectivity index (χ2v) is 8.05. The number of carbonyl (C=O) groups excluding carboxylic acids is 1. The summed E-state index contributed by atoms with van der Waals surface area (Å²) in [6.07, 6.45) is 4.35. The average Bonchev–Trinajstić information content (AvgIpc) is 3.27. The standard InChI is InChI=1S/C19H26ClN3OS.ClH/c1-3-22(4-2)11-12-23(18(24)14-7-5-6-8-14)19-21-16-10-9-15(20)13-17(16)25-19;/h9-10,13-14H,3-8,11-12H2,1-2H3;1H. The molecule has 0 spiro atoms. The highest BCUT2D eigenvalue weighted by molar-refractivity contribution is 7.22. The molecule has 0 aliphatic heterocycles. The molecule has 0 N–H and O–H groups in total. The zero-order valence-electron chi connectivity index (χ0n) is 15.4. The van der Waals surface area contributed by atoms with Gasteiger partial charge in [0, 0.05) is 24.0 Å². The molecule has 1 aromatic heterocycles. The number of hydrogen-bond donors (Lipinski definition) is 0. The first-order chi connectivity index (χ1) is 12.1. The first kappa shape index (κ1) is 21.4. The Bertz CT molecular complexity index is 727. The summed E-state index contributed by atoms with van der Waals surface area (Å²) >= 11 is 7.67. The summed E-state index contributed by atoms with van der Waals surface area (Å²) in [6, 6.07) is 5.72. The van der Waals surface area contributed by atoms with Crippen molar-refractivity contribution in [1.82, 2.24) is 9.88 Å². The van der Waals surface area contributed by atoms with Gasteiger partial charge in [0.25, 0.3) is 0 Å². The van der Waals surface area contributed by atoms with Gasteiger partial charge in [-0.05, 0) is 44.1 Å². The molecule has 0 unspecified atom stereocenters. The van der Waals surface area contributed by atoms with Crippen LogP contribution in [0.4, 0.5) is 5.13 Å². The summed E-state index contributed by atoms with van der Waals surface area (Å²) in [7, 11) is 0. The number of rotatable bonds is 7. The molecule has 0 atom stereocenters. The summed E-state index contributed by atoms with van der Waals surface area (Å²) in [5.41, 5.74) is 0.913. The lowest BCUT2D eigenvalue weighted by atomic mass is 10.1. The van der Waals surface area contributed by atoms with Gasteiger partial charge in [0.15, 0.2) is 5.13 Å². The van der Waals surface area contributed by atoms with Crippen molar-refractivity contribution < 1.29 is 4.79 Å². The molecule has 0 saturated heterocycles. The Morgan fingerprint density at radius 2 is 1.92 bits per heavy atom. The number of anilines is 1. The predicted octanol–water partition coefficient (Wildman–Crippen LogP) is 5.24. The van der Waals surface area contributed by atoms with Crippen molar-refractivity contribution in [2.24, 2.45) is 5.92 Å². The SMILES string of the molecule is CCN(CC)CCN(C(=O)C1CCCC1)c1nc2ccc(Cl)cc2s1.Cl. The molecule has 4 nitrogen and oxygen atoms in total. The van der Waals surface area contributed by atoms with Crippen molar-refractivity contribution in [1.29, 1.82) is 0 Å². The van der Waals surface area contributed by atoms with Crippen LogP contribution in [0.5, 0.6) is 0 Å². The van der Waals surface area contributed by atoms with Crippen molar-refractivity contribution in [2.75, 3.05) is 31.1 Å². The summed E-state index contributed by atoms with van der Waals surface area (Å²) in [4.78, 5) is 22.1. The number of amides is 1. The van der Waals surface area contributed by atoms with Crippen LogP contribution < -0.4 is 4.90 Å². The summed E-state index contributed by atoms with van der Waals surface area (Å²) in [6.45, 7) is 7.89. The third kappa shape index (κ3) is 4.89. The van der Waals surface area contributed by atoms with E-state index in [-0.39, 0.29) is 24.2 Å². The van der Waals surface area contributed by atoms with Gasteiger partial charge in [0.2, 0.25) is 5.91 Å². The van der Waals surface area contributed by atoms with Crippen LogP contribution in [0.25, 0.3) is 10.2 Å². The third-order valence-corrected chi connectivity index (χ3v) is 6.35. The highest BCUT2D eigenvalue weighted by Gasteiger charge is 2.29. The van der Waals surface area contributed by atoms with E-state index >= 15 is 0 Å². The van der Waals surface area contributed by atoms with Crippen LogP contribution >= 0.6 is 35.3 Å². The second kappa shape index (κ2) is 9.88. The zero-order chi connectivity index (χ0) is 17.8. The first-order valence-corrected chi connectivity index (χ1v) is 10.4. The fraction of sp³-hybridized carbons (Fsp3) is 0.579. The highest BCUT2D eigenvalue weighted by Crippen LogP contribution is 2.34. The largest absolute Gasteiger partial charge is 0.302 e. The van der Waals surface area contributed by atoms with E-state index in [1.165, 1.54) is 0 Å². The van der Waals surface area contributed by atoms with E-state index in [0.29, 0.717) is 11.6 Å². The van der Waals surface area contributed by atoms with Crippen molar-refractivity contribution in [3.8, 4) is 0 Å². The topological polar surface area (TPSA) is 36.4 Å². The molecule has 1 aliphatic carbocycles. The van der Waals surface area contributed by atoms with Crippen LogP contribution in [0.2, 0.25) is 5.02 Å². The maximum atomic E-state index is 13.1.